The summed E-state index contributed by atoms with van der Waals surface area (Å²) < 4.78 is 0. The van der Waals surface area contributed by atoms with Crippen molar-refractivity contribution in [1.82, 2.24) is 0 Å². The topological polar surface area (TPSA) is 6.48 Å². The number of fused-ring (bicyclic) bond motifs is 24. The number of nitrogens with zero attached hydrogens (tertiary/aromatic N) is 2. The van der Waals surface area contributed by atoms with Gasteiger partial charge >= 0.3 is 0 Å². The summed E-state index contributed by atoms with van der Waals surface area (Å²) in [6.07, 6.45) is 10.5. The predicted molar refractivity (Wildman–Crippen MR) is 394 cm³/mol. The minimum Gasteiger partial charge on any atom is -0.310 e. The summed E-state index contributed by atoms with van der Waals surface area (Å²) >= 11 is 0. The minimum atomic E-state index is -0.211. The highest BCUT2D eigenvalue weighted by Crippen LogP contribution is 2.68. The molecule has 0 radical (unpaired) electrons. The third-order valence-corrected chi connectivity index (χ3v) is 26.0. The summed E-state index contributed by atoms with van der Waals surface area (Å²) in [5, 5.41) is 5.26. The molecule has 2 spiro atoms. The average Bonchev–Trinajstić information content (AvgIpc) is 1.54. The van der Waals surface area contributed by atoms with E-state index < -0.39 is 0 Å². The van der Waals surface area contributed by atoms with Crippen LogP contribution in [0.3, 0.4) is 0 Å². The quantitative estimate of drug-likeness (QED) is 0.157. The van der Waals surface area contributed by atoms with Crippen molar-refractivity contribution in [2.75, 3.05) is 9.80 Å². The summed E-state index contributed by atoms with van der Waals surface area (Å²) in [7, 11) is 0. The Bertz CT molecular complexity index is 5340. The molecule has 458 valence electrons. The zero-order chi connectivity index (χ0) is 63.1. The van der Waals surface area contributed by atoms with Gasteiger partial charge in [-0.1, -0.05) is 180 Å². The summed E-state index contributed by atoms with van der Waals surface area (Å²) in [6.45, 7) is 18.8. The molecule has 94 heavy (non-hydrogen) atoms. The van der Waals surface area contributed by atoms with Crippen LogP contribution in [0.1, 0.15) is 146 Å². The maximum Gasteiger partial charge on any atom is 0.0468 e. The highest BCUT2D eigenvalue weighted by molar-refractivity contribution is 5.98. The van der Waals surface area contributed by atoms with Crippen LogP contribution in [0.15, 0.2) is 218 Å². The number of aryl methyl sites for hydroxylation is 4. The van der Waals surface area contributed by atoms with E-state index in [1.54, 1.807) is 16.7 Å². The molecule has 2 heteroatoms. The van der Waals surface area contributed by atoms with E-state index in [2.05, 4.69) is 284 Å². The second-order valence-corrected chi connectivity index (χ2v) is 31.5. The minimum absolute atomic E-state index is 0.00749. The van der Waals surface area contributed by atoms with E-state index in [-0.39, 0.29) is 21.7 Å². The lowest BCUT2D eigenvalue weighted by atomic mass is 9.66. The van der Waals surface area contributed by atoms with Crippen LogP contribution < -0.4 is 9.80 Å². The van der Waals surface area contributed by atoms with Crippen LogP contribution >= 0.6 is 0 Å². The molecular formula is C92H80N2. The van der Waals surface area contributed by atoms with Crippen molar-refractivity contribution >= 4 is 55.7 Å². The van der Waals surface area contributed by atoms with Gasteiger partial charge in [-0.15, -0.1) is 0 Å². The molecule has 0 heterocycles. The maximum absolute atomic E-state index is 2.65. The van der Waals surface area contributed by atoms with Crippen molar-refractivity contribution in [3.05, 3.63) is 285 Å². The number of hydrogen-bond acceptors (Lipinski definition) is 2. The van der Waals surface area contributed by atoms with E-state index >= 15 is 0 Å². The molecule has 12 aromatic rings. The van der Waals surface area contributed by atoms with Crippen LogP contribution in [0.5, 0.6) is 0 Å². The molecule has 0 aromatic heterocycles. The summed E-state index contributed by atoms with van der Waals surface area (Å²) in [5.74, 6) is 2.90. The van der Waals surface area contributed by atoms with Gasteiger partial charge in [-0.25, -0.2) is 0 Å². The fourth-order valence-corrected chi connectivity index (χ4v) is 21.7. The van der Waals surface area contributed by atoms with Gasteiger partial charge in [0.2, 0.25) is 0 Å². The van der Waals surface area contributed by atoms with Gasteiger partial charge in [0.1, 0.15) is 0 Å². The Hall–Kier alpha value is -9.24. The monoisotopic (exact) mass is 1210 g/mol. The average molecular weight is 1210 g/mol. The molecule has 0 aliphatic heterocycles. The standard InChI is InChI=1S/C92H80N2/c1-53-39-56(4)70-31-25-64(43-61(70)40-53)93(66-27-33-74-72-13-9-11-15-81(72)89(5,6)85(74)47-66)68-30-36-77-80-45-60(22-38-84(80)92(88(77)50-68)52-58-20-24-63(92)42-58)59-21-37-82-79(44-59)76-35-29-67(48-86(76)90(82,7)8)94(65-26-32-71-54(2)17-18-55(3)78(71)46-65)69-28-34-75-73-14-10-12-16-83(73)91(87(75)49-69)51-57-19-23-62(91)41-57/h9-18,21-22,25-40,43-50,57-58,62-63H,19-20,23-24,41-42,51-52H2,1-8H3. The van der Waals surface area contributed by atoms with E-state index in [0.717, 1.165) is 11.8 Å². The molecule has 0 N–H and O–H groups in total. The zero-order valence-corrected chi connectivity index (χ0v) is 55.6. The Morgan fingerprint density at radius 2 is 0.713 bits per heavy atom. The lowest BCUT2D eigenvalue weighted by Crippen LogP contribution is -2.32. The van der Waals surface area contributed by atoms with Crippen molar-refractivity contribution in [1.29, 1.82) is 0 Å². The molecule has 4 fully saturated rings. The van der Waals surface area contributed by atoms with E-state index in [0.29, 0.717) is 11.8 Å². The van der Waals surface area contributed by atoms with Crippen molar-refractivity contribution in [2.45, 2.75) is 128 Å². The Labute approximate surface area is 555 Å². The van der Waals surface area contributed by atoms with Gasteiger partial charge < -0.3 is 9.80 Å². The molecular weight excluding hydrogens is 1130 g/mol. The Kier molecular flexibility index (Phi) is 11.3. The lowest BCUT2D eigenvalue weighted by Gasteiger charge is -2.37. The fourth-order valence-electron chi connectivity index (χ4n) is 21.7. The second-order valence-electron chi connectivity index (χ2n) is 31.5. The first-order valence-corrected chi connectivity index (χ1v) is 35.3. The molecule has 8 aliphatic rings. The number of anilines is 6. The molecule has 0 amide bonds. The number of benzene rings is 12. The zero-order valence-electron chi connectivity index (χ0n) is 55.6. The lowest BCUT2D eigenvalue weighted by molar-refractivity contribution is 0.327. The molecule has 6 atom stereocenters. The first kappa shape index (κ1) is 55.2. The van der Waals surface area contributed by atoms with Crippen LogP contribution in [0.2, 0.25) is 0 Å². The molecule has 6 unspecified atom stereocenters. The third kappa shape index (κ3) is 7.38. The first-order chi connectivity index (χ1) is 45.6. The largest absolute Gasteiger partial charge is 0.310 e. The van der Waals surface area contributed by atoms with E-state index in [4.69, 9.17) is 0 Å². The van der Waals surface area contributed by atoms with Crippen molar-refractivity contribution in [3.8, 4) is 55.6 Å². The van der Waals surface area contributed by atoms with Crippen LogP contribution in [-0.2, 0) is 21.7 Å². The molecule has 8 aliphatic carbocycles. The maximum atomic E-state index is 2.65. The molecule has 12 aromatic carbocycles. The summed E-state index contributed by atoms with van der Waals surface area (Å²) in [6, 6.07) is 87.2. The van der Waals surface area contributed by atoms with Crippen molar-refractivity contribution in [2.24, 2.45) is 23.7 Å². The van der Waals surface area contributed by atoms with Crippen molar-refractivity contribution in [3.63, 3.8) is 0 Å². The highest BCUT2D eigenvalue weighted by atomic mass is 15.1. The van der Waals surface area contributed by atoms with Gasteiger partial charge in [-0.2, -0.15) is 0 Å². The van der Waals surface area contributed by atoms with Gasteiger partial charge in [0.25, 0.3) is 0 Å². The van der Waals surface area contributed by atoms with E-state index in [9.17, 15) is 0 Å². The van der Waals surface area contributed by atoms with Crippen molar-refractivity contribution < 1.29 is 0 Å². The van der Waals surface area contributed by atoms with Gasteiger partial charge in [0, 0.05) is 55.8 Å². The molecule has 0 saturated heterocycles. The Morgan fingerprint density at radius 1 is 0.298 bits per heavy atom. The predicted octanol–water partition coefficient (Wildman–Crippen LogP) is 24.6. The normalized spacial score (nSPS) is 22.6. The van der Waals surface area contributed by atoms with Gasteiger partial charge in [-0.05, 0) is 313 Å². The number of hydrogen-bond donors (Lipinski definition) is 0. The fraction of sp³-hybridized carbons (Fsp3) is 0.261. The summed E-state index contributed by atoms with van der Waals surface area (Å²) in [4.78, 5) is 5.18. The Morgan fingerprint density at radius 3 is 1.28 bits per heavy atom. The third-order valence-electron chi connectivity index (χ3n) is 26.0. The van der Waals surface area contributed by atoms with E-state index in [1.165, 1.54) is 213 Å². The highest BCUT2D eigenvalue weighted by Gasteiger charge is 2.58. The SMILES string of the molecule is Cc1cc(C)c2ccc(N(c3ccc4c(c3)C(C)(C)c3ccccc3-4)c3ccc4c(c3)C3(CC5CCC3C5)c3ccc(-c5ccc6c(c5)-c5ccc(N(c7ccc8c(c7)C7(CC9CCC7C9)c7ccccc7-8)c7ccc8c(C)ccc(C)c8c7)cc5C6(C)C)cc3-4)cc2c1. The van der Waals surface area contributed by atoms with Gasteiger partial charge in [-0.3, -0.25) is 0 Å². The molecule has 4 saturated carbocycles. The summed E-state index contributed by atoms with van der Waals surface area (Å²) in [5.41, 5.74) is 37.9. The van der Waals surface area contributed by atoms with Crippen LogP contribution in [0.25, 0.3) is 77.2 Å². The van der Waals surface area contributed by atoms with Crippen LogP contribution in [0, 0.1) is 51.4 Å². The first-order valence-electron chi connectivity index (χ1n) is 35.3. The van der Waals surface area contributed by atoms with Crippen LogP contribution in [-0.4, -0.2) is 0 Å². The van der Waals surface area contributed by atoms with E-state index in [1.807, 2.05) is 0 Å². The number of rotatable bonds is 7. The van der Waals surface area contributed by atoms with Gasteiger partial charge in [0.15, 0.2) is 0 Å². The second kappa shape index (κ2) is 19.2. The van der Waals surface area contributed by atoms with Gasteiger partial charge in [0.05, 0.1) is 0 Å². The molecule has 20 rings (SSSR count). The smallest absolute Gasteiger partial charge is 0.0468 e. The molecule has 2 nitrogen and oxygen atoms in total. The van der Waals surface area contributed by atoms with Crippen LogP contribution in [0.4, 0.5) is 34.1 Å². The Balaban J connectivity index is 0.699. The molecule has 4 bridgehead atoms.